The summed E-state index contributed by atoms with van der Waals surface area (Å²) in [5.74, 6) is -1.85. The monoisotopic (exact) mass is 383 g/mol. The van der Waals surface area contributed by atoms with Gasteiger partial charge in [-0.1, -0.05) is 12.1 Å². The van der Waals surface area contributed by atoms with Crippen LogP contribution in [-0.4, -0.2) is 35.0 Å². The maximum absolute atomic E-state index is 12.8. The quantitative estimate of drug-likeness (QED) is 0.356. The van der Waals surface area contributed by atoms with Crippen LogP contribution in [0.2, 0.25) is 0 Å². The third-order valence-corrected chi connectivity index (χ3v) is 3.92. The van der Waals surface area contributed by atoms with Crippen LogP contribution in [0.3, 0.4) is 0 Å². The standard InChI is InChI=1S/C18H13N3O7/c1-28-15-8-10(5-6-14(15)22)7-13-16(23)19-18(25)20(17(13)24)11-3-2-4-12(9-11)21(26)27/h2-9,22H,1H3,(H,19,23,25)/b13-7-. The molecule has 0 radical (unpaired) electrons. The Labute approximate surface area is 157 Å². The second-order valence-electron chi connectivity index (χ2n) is 5.67. The molecule has 1 saturated heterocycles. The minimum Gasteiger partial charge on any atom is -0.504 e. The molecule has 0 saturated carbocycles. The summed E-state index contributed by atoms with van der Waals surface area (Å²) in [5.41, 5.74) is -0.373. The molecule has 0 atom stereocenters. The molecule has 1 aliphatic rings. The fourth-order valence-electron chi connectivity index (χ4n) is 2.59. The third kappa shape index (κ3) is 3.38. The van der Waals surface area contributed by atoms with E-state index in [0.29, 0.717) is 10.5 Å². The number of phenolic OH excluding ortho intramolecular Hbond substituents is 1. The molecule has 2 aromatic rings. The van der Waals surface area contributed by atoms with Crippen LogP contribution in [0.25, 0.3) is 6.08 Å². The van der Waals surface area contributed by atoms with E-state index in [2.05, 4.69) is 0 Å². The molecule has 10 nitrogen and oxygen atoms in total. The highest BCUT2D eigenvalue weighted by molar-refractivity contribution is 6.39. The molecule has 0 aromatic heterocycles. The first kappa shape index (κ1) is 18.6. The summed E-state index contributed by atoms with van der Waals surface area (Å²) in [6, 6.07) is 8.06. The van der Waals surface area contributed by atoms with Gasteiger partial charge in [-0.15, -0.1) is 0 Å². The lowest BCUT2D eigenvalue weighted by atomic mass is 10.1. The Morgan fingerprint density at radius 1 is 1.18 bits per heavy atom. The van der Waals surface area contributed by atoms with Crippen LogP contribution < -0.4 is 15.0 Å². The van der Waals surface area contributed by atoms with Gasteiger partial charge in [0.2, 0.25) is 0 Å². The minimum atomic E-state index is -1.02. The number of imide groups is 2. The second kappa shape index (κ2) is 7.19. The minimum absolute atomic E-state index is 0.0570. The van der Waals surface area contributed by atoms with Gasteiger partial charge in [-0.25, -0.2) is 9.69 Å². The van der Waals surface area contributed by atoms with Crippen molar-refractivity contribution in [3.05, 3.63) is 63.7 Å². The predicted octanol–water partition coefficient (Wildman–Crippen LogP) is 1.98. The number of aromatic hydroxyl groups is 1. The first-order chi connectivity index (χ1) is 13.3. The summed E-state index contributed by atoms with van der Waals surface area (Å²) in [6.07, 6.45) is 1.22. The van der Waals surface area contributed by atoms with Crippen LogP contribution in [0.4, 0.5) is 16.2 Å². The highest BCUT2D eigenvalue weighted by atomic mass is 16.6. The van der Waals surface area contributed by atoms with Gasteiger partial charge in [-0.2, -0.15) is 0 Å². The predicted molar refractivity (Wildman–Crippen MR) is 96.8 cm³/mol. The number of nitro benzene ring substituents is 1. The number of non-ortho nitro benzene ring substituents is 1. The topological polar surface area (TPSA) is 139 Å². The largest absolute Gasteiger partial charge is 0.504 e. The smallest absolute Gasteiger partial charge is 0.335 e. The van der Waals surface area contributed by atoms with Crippen molar-refractivity contribution in [3.63, 3.8) is 0 Å². The summed E-state index contributed by atoms with van der Waals surface area (Å²) in [4.78, 5) is 48.0. The number of carbonyl (C=O) groups is 3. The van der Waals surface area contributed by atoms with Crippen molar-refractivity contribution in [2.75, 3.05) is 12.0 Å². The van der Waals surface area contributed by atoms with E-state index in [1.807, 2.05) is 5.32 Å². The number of nitrogens with one attached hydrogen (secondary N) is 1. The number of carbonyl (C=O) groups excluding carboxylic acids is 3. The molecule has 0 aliphatic carbocycles. The van der Waals surface area contributed by atoms with E-state index < -0.39 is 22.8 Å². The van der Waals surface area contributed by atoms with Crippen molar-refractivity contribution in [2.24, 2.45) is 0 Å². The number of anilines is 1. The Hall–Kier alpha value is -4.21. The van der Waals surface area contributed by atoms with E-state index in [9.17, 15) is 29.6 Å². The van der Waals surface area contributed by atoms with Gasteiger partial charge in [-0.3, -0.25) is 25.0 Å². The Kier molecular flexibility index (Phi) is 4.77. The van der Waals surface area contributed by atoms with Crippen molar-refractivity contribution in [1.29, 1.82) is 0 Å². The lowest BCUT2D eigenvalue weighted by Crippen LogP contribution is -2.54. The number of hydrogen-bond donors (Lipinski definition) is 2. The average Bonchev–Trinajstić information content (AvgIpc) is 2.66. The first-order valence-electron chi connectivity index (χ1n) is 7.84. The number of methoxy groups -OCH3 is 1. The zero-order chi connectivity index (χ0) is 20.4. The molecule has 4 amide bonds. The number of barbiturate groups is 1. The molecule has 0 bridgehead atoms. The van der Waals surface area contributed by atoms with E-state index >= 15 is 0 Å². The molecule has 1 aliphatic heterocycles. The number of amides is 4. The Bertz CT molecular complexity index is 1050. The van der Waals surface area contributed by atoms with Gasteiger partial charge in [0.15, 0.2) is 11.5 Å². The van der Waals surface area contributed by atoms with Crippen molar-refractivity contribution < 1.29 is 29.2 Å². The SMILES string of the molecule is COc1cc(/C=C2/C(=O)NC(=O)N(c3cccc([N+](=O)[O-])c3)C2=O)ccc1O. The zero-order valence-corrected chi connectivity index (χ0v) is 14.4. The zero-order valence-electron chi connectivity index (χ0n) is 14.4. The number of hydrogen-bond acceptors (Lipinski definition) is 7. The summed E-state index contributed by atoms with van der Waals surface area (Å²) >= 11 is 0. The molecule has 2 aromatic carbocycles. The van der Waals surface area contributed by atoms with Crippen LogP contribution in [0.15, 0.2) is 48.0 Å². The van der Waals surface area contributed by atoms with Crippen molar-refractivity contribution in [3.8, 4) is 11.5 Å². The molecule has 0 spiro atoms. The van der Waals surface area contributed by atoms with Crippen LogP contribution in [0.1, 0.15) is 5.56 Å². The summed E-state index contributed by atoms with van der Waals surface area (Å²) in [6.45, 7) is 0. The lowest BCUT2D eigenvalue weighted by molar-refractivity contribution is -0.384. The second-order valence-corrected chi connectivity index (χ2v) is 5.67. The Balaban J connectivity index is 2.03. The van der Waals surface area contributed by atoms with Crippen LogP contribution in [0.5, 0.6) is 11.5 Å². The molecule has 1 heterocycles. The van der Waals surface area contributed by atoms with Crippen molar-refractivity contribution in [2.45, 2.75) is 0 Å². The summed E-state index contributed by atoms with van der Waals surface area (Å²) in [5, 5.41) is 22.6. The molecule has 0 unspecified atom stereocenters. The van der Waals surface area contributed by atoms with E-state index in [1.54, 1.807) is 0 Å². The van der Waals surface area contributed by atoms with E-state index in [4.69, 9.17) is 4.74 Å². The summed E-state index contributed by atoms with van der Waals surface area (Å²) in [7, 11) is 1.34. The Morgan fingerprint density at radius 2 is 1.93 bits per heavy atom. The molecule has 28 heavy (non-hydrogen) atoms. The number of nitro groups is 1. The van der Waals surface area contributed by atoms with Crippen LogP contribution in [-0.2, 0) is 9.59 Å². The molecular formula is C18H13N3O7. The number of nitrogens with zero attached hydrogens (tertiary/aromatic N) is 2. The van der Waals surface area contributed by atoms with E-state index in [-0.39, 0.29) is 28.4 Å². The van der Waals surface area contributed by atoms with Gasteiger partial charge in [0.25, 0.3) is 17.5 Å². The maximum atomic E-state index is 12.8. The van der Waals surface area contributed by atoms with Gasteiger partial charge < -0.3 is 9.84 Å². The highest BCUT2D eigenvalue weighted by Crippen LogP contribution is 2.29. The summed E-state index contributed by atoms with van der Waals surface area (Å²) < 4.78 is 4.98. The van der Waals surface area contributed by atoms with Crippen molar-refractivity contribution in [1.82, 2.24) is 5.32 Å². The fraction of sp³-hybridized carbons (Fsp3) is 0.0556. The molecular weight excluding hydrogens is 370 g/mol. The van der Waals surface area contributed by atoms with Gasteiger partial charge >= 0.3 is 6.03 Å². The number of benzene rings is 2. The first-order valence-corrected chi connectivity index (χ1v) is 7.84. The molecule has 2 N–H and O–H groups in total. The number of phenols is 1. The van der Waals surface area contributed by atoms with E-state index in [1.165, 1.54) is 49.6 Å². The molecule has 3 rings (SSSR count). The van der Waals surface area contributed by atoms with Crippen LogP contribution >= 0.6 is 0 Å². The molecule has 1 fully saturated rings. The van der Waals surface area contributed by atoms with E-state index in [0.717, 1.165) is 6.07 Å². The lowest BCUT2D eigenvalue weighted by Gasteiger charge is -2.26. The Morgan fingerprint density at radius 3 is 2.61 bits per heavy atom. The number of rotatable bonds is 4. The van der Waals surface area contributed by atoms with Gasteiger partial charge in [0.05, 0.1) is 17.7 Å². The average molecular weight is 383 g/mol. The number of ether oxygens (including phenoxy) is 1. The normalized spacial score (nSPS) is 15.5. The number of urea groups is 1. The molecule has 142 valence electrons. The highest BCUT2D eigenvalue weighted by Gasteiger charge is 2.37. The van der Waals surface area contributed by atoms with Gasteiger partial charge in [-0.05, 0) is 29.8 Å². The third-order valence-electron chi connectivity index (χ3n) is 3.92. The molecule has 10 heteroatoms. The van der Waals surface area contributed by atoms with Gasteiger partial charge in [0, 0.05) is 12.1 Å². The van der Waals surface area contributed by atoms with Crippen molar-refractivity contribution >= 4 is 35.3 Å². The van der Waals surface area contributed by atoms with Gasteiger partial charge in [0.1, 0.15) is 5.57 Å². The fourth-order valence-corrected chi connectivity index (χ4v) is 2.59. The van der Waals surface area contributed by atoms with Crippen LogP contribution in [0, 0.1) is 10.1 Å². The maximum Gasteiger partial charge on any atom is 0.335 e.